The van der Waals surface area contributed by atoms with Crippen molar-refractivity contribution in [1.82, 2.24) is 0 Å². The molecule has 0 aliphatic carbocycles. The summed E-state index contributed by atoms with van der Waals surface area (Å²) >= 11 is 0. The lowest BCUT2D eigenvalue weighted by molar-refractivity contribution is 0.670. The van der Waals surface area contributed by atoms with E-state index in [0.717, 1.165) is 50.1 Å². The lowest BCUT2D eigenvalue weighted by atomic mass is 9.93. The Morgan fingerprint density at radius 3 is 1.48 bits per heavy atom. The van der Waals surface area contributed by atoms with E-state index >= 15 is 0 Å². The van der Waals surface area contributed by atoms with E-state index in [0.29, 0.717) is 0 Å². The zero-order chi connectivity index (χ0) is 37.0. The van der Waals surface area contributed by atoms with Crippen LogP contribution in [0.3, 0.4) is 0 Å². The molecule has 0 unspecified atom stereocenters. The number of anilines is 3. The fourth-order valence-electron chi connectivity index (χ4n) is 8.55. The maximum absolute atomic E-state index is 6.77. The summed E-state index contributed by atoms with van der Waals surface area (Å²) in [4.78, 5) is 2.36. The van der Waals surface area contributed by atoms with E-state index in [1.54, 1.807) is 0 Å². The highest BCUT2D eigenvalue weighted by Gasteiger charge is 2.20. The summed E-state index contributed by atoms with van der Waals surface area (Å²) in [5.74, 6) is 0. The Hall–Kier alpha value is -7.42. The molecule has 0 atom stereocenters. The van der Waals surface area contributed by atoms with Crippen LogP contribution in [0.25, 0.3) is 87.6 Å². The zero-order valence-electron chi connectivity index (χ0n) is 30.6. The number of rotatable bonds is 6. The SMILES string of the molecule is c1ccc(-c2ccc(N(c3ccc(-c4cc5ccccc5c5ccccc45)cc3)c3ccc4oc5c(-c6ccccc6)cc6ccccc6c5c4c3)cc2)cc1. The van der Waals surface area contributed by atoms with Gasteiger partial charge in [0, 0.05) is 33.4 Å². The van der Waals surface area contributed by atoms with Crippen LogP contribution in [0.15, 0.2) is 217 Å². The maximum atomic E-state index is 6.77. The number of nitrogens with zero attached hydrogens (tertiary/aromatic N) is 1. The molecule has 0 saturated carbocycles. The molecule has 11 rings (SSSR count). The van der Waals surface area contributed by atoms with Crippen LogP contribution >= 0.6 is 0 Å². The van der Waals surface area contributed by atoms with Crippen LogP contribution in [-0.2, 0) is 0 Å². The Morgan fingerprint density at radius 2 is 0.786 bits per heavy atom. The summed E-state index contributed by atoms with van der Waals surface area (Å²) in [7, 11) is 0. The molecular formula is C54H35NO. The number of benzene rings is 10. The van der Waals surface area contributed by atoms with E-state index in [9.17, 15) is 0 Å². The molecule has 11 aromatic rings. The molecule has 56 heavy (non-hydrogen) atoms. The van der Waals surface area contributed by atoms with Gasteiger partial charge in [-0.05, 0) is 115 Å². The van der Waals surface area contributed by atoms with Gasteiger partial charge in [0.2, 0.25) is 0 Å². The van der Waals surface area contributed by atoms with Crippen LogP contribution in [0.5, 0.6) is 0 Å². The highest BCUT2D eigenvalue weighted by molar-refractivity contribution is 6.23. The van der Waals surface area contributed by atoms with Gasteiger partial charge in [-0.3, -0.25) is 0 Å². The molecule has 0 aliphatic heterocycles. The van der Waals surface area contributed by atoms with E-state index in [-0.39, 0.29) is 0 Å². The largest absolute Gasteiger partial charge is 0.455 e. The van der Waals surface area contributed by atoms with Crippen molar-refractivity contribution in [2.24, 2.45) is 0 Å². The minimum absolute atomic E-state index is 0.871. The van der Waals surface area contributed by atoms with Crippen molar-refractivity contribution in [3.05, 3.63) is 212 Å². The summed E-state index contributed by atoms with van der Waals surface area (Å²) in [6, 6.07) is 76.3. The highest BCUT2D eigenvalue weighted by atomic mass is 16.3. The van der Waals surface area contributed by atoms with Crippen molar-refractivity contribution in [3.8, 4) is 33.4 Å². The van der Waals surface area contributed by atoms with E-state index in [2.05, 4.69) is 217 Å². The molecule has 0 amide bonds. The topological polar surface area (TPSA) is 16.4 Å². The third-order valence-corrected chi connectivity index (χ3v) is 11.2. The summed E-state index contributed by atoms with van der Waals surface area (Å²) in [6.45, 7) is 0. The van der Waals surface area contributed by atoms with Gasteiger partial charge < -0.3 is 9.32 Å². The fraction of sp³-hybridized carbons (Fsp3) is 0. The smallest absolute Gasteiger partial charge is 0.143 e. The number of hydrogen-bond donors (Lipinski definition) is 0. The third kappa shape index (κ3) is 5.34. The van der Waals surface area contributed by atoms with Crippen LogP contribution in [0.1, 0.15) is 0 Å². The second kappa shape index (κ2) is 13.2. The van der Waals surface area contributed by atoms with Gasteiger partial charge in [0.1, 0.15) is 11.2 Å². The first-order valence-electron chi connectivity index (χ1n) is 19.2. The average molecular weight is 714 g/mol. The molecular weight excluding hydrogens is 679 g/mol. The van der Waals surface area contributed by atoms with E-state index in [4.69, 9.17) is 4.42 Å². The lowest BCUT2D eigenvalue weighted by Gasteiger charge is -2.26. The van der Waals surface area contributed by atoms with Crippen molar-refractivity contribution >= 4 is 71.3 Å². The first-order valence-corrected chi connectivity index (χ1v) is 19.2. The second-order valence-corrected chi connectivity index (χ2v) is 14.5. The third-order valence-electron chi connectivity index (χ3n) is 11.2. The standard InChI is InChI=1S/C54H35NO/c1-3-13-36(14-4-1)37-23-27-42(28-24-37)55(43-29-25-39(26-30-43)49-33-40-17-7-9-19-45(40)47-21-11-12-22-48(47)49)44-31-32-52-51(35-44)53-46-20-10-8-18-41(46)34-50(54(53)56-52)38-15-5-2-6-16-38/h1-35H. The van der Waals surface area contributed by atoms with Crippen molar-refractivity contribution in [2.45, 2.75) is 0 Å². The second-order valence-electron chi connectivity index (χ2n) is 14.5. The number of hydrogen-bond acceptors (Lipinski definition) is 2. The number of fused-ring (bicyclic) bond motifs is 8. The van der Waals surface area contributed by atoms with Crippen LogP contribution in [0.2, 0.25) is 0 Å². The Bertz CT molecular complexity index is 3220. The summed E-state index contributed by atoms with van der Waals surface area (Å²) in [6.07, 6.45) is 0. The lowest BCUT2D eigenvalue weighted by Crippen LogP contribution is -2.09. The molecule has 1 aromatic heterocycles. The van der Waals surface area contributed by atoms with Crippen LogP contribution < -0.4 is 4.90 Å². The Balaban J connectivity index is 1.09. The van der Waals surface area contributed by atoms with Gasteiger partial charge in [0.05, 0.1) is 0 Å². The molecule has 0 N–H and O–H groups in total. The van der Waals surface area contributed by atoms with Crippen molar-refractivity contribution < 1.29 is 4.42 Å². The first-order chi connectivity index (χ1) is 27.8. The molecule has 2 nitrogen and oxygen atoms in total. The Kier molecular flexibility index (Phi) is 7.53. The highest BCUT2D eigenvalue weighted by Crippen LogP contribution is 2.45. The fourth-order valence-corrected chi connectivity index (χ4v) is 8.55. The van der Waals surface area contributed by atoms with Gasteiger partial charge in [-0.25, -0.2) is 0 Å². The Morgan fingerprint density at radius 1 is 0.304 bits per heavy atom. The molecule has 0 aliphatic rings. The van der Waals surface area contributed by atoms with E-state index < -0.39 is 0 Å². The molecule has 0 bridgehead atoms. The molecule has 0 spiro atoms. The molecule has 10 aromatic carbocycles. The quantitative estimate of drug-likeness (QED) is 0.160. The summed E-state index contributed by atoms with van der Waals surface area (Å²) < 4.78 is 6.77. The molecule has 2 heteroatoms. The van der Waals surface area contributed by atoms with E-state index in [1.165, 1.54) is 54.6 Å². The van der Waals surface area contributed by atoms with Gasteiger partial charge in [-0.15, -0.1) is 0 Å². The minimum atomic E-state index is 0.871. The average Bonchev–Trinajstić information content (AvgIpc) is 3.66. The van der Waals surface area contributed by atoms with Crippen molar-refractivity contribution in [1.29, 1.82) is 0 Å². The van der Waals surface area contributed by atoms with Gasteiger partial charge in [-0.2, -0.15) is 0 Å². The molecule has 1 heterocycles. The van der Waals surface area contributed by atoms with Gasteiger partial charge in [-0.1, -0.05) is 158 Å². The van der Waals surface area contributed by atoms with Crippen molar-refractivity contribution in [2.75, 3.05) is 4.90 Å². The maximum Gasteiger partial charge on any atom is 0.143 e. The summed E-state index contributed by atoms with van der Waals surface area (Å²) in [5, 5.41) is 9.66. The van der Waals surface area contributed by atoms with Crippen LogP contribution in [0.4, 0.5) is 17.1 Å². The van der Waals surface area contributed by atoms with Crippen LogP contribution in [-0.4, -0.2) is 0 Å². The predicted molar refractivity (Wildman–Crippen MR) is 237 cm³/mol. The van der Waals surface area contributed by atoms with Gasteiger partial charge in [0.15, 0.2) is 0 Å². The van der Waals surface area contributed by atoms with E-state index in [1.807, 2.05) is 0 Å². The van der Waals surface area contributed by atoms with Gasteiger partial charge >= 0.3 is 0 Å². The zero-order valence-corrected chi connectivity index (χ0v) is 30.6. The molecule has 262 valence electrons. The molecule has 0 saturated heterocycles. The predicted octanol–water partition coefficient (Wildman–Crippen LogP) is 15.5. The first kappa shape index (κ1) is 32.0. The number of furan rings is 1. The Labute approximate surface area is 325 Å². The monoisotopic (exact) mass is 713 g/mol. The van der Waals surface area contributed by atoms with Crippen molar-refractivity contribution in [3.63, 3.8) is 0 Å². The van der Waals surface area contributed by atoms with Gasteiger partial charge in [0.25, 0.3) is 0 Å². The molecule has 0 radical (unpaired) electrons. The molecule has 0 fully saturated rings. The van der Waals surface area contributed by atoms with Crippen LogP contribution in [0, 0.1) is 0 Å². The summed E-state index contributed by atoms with van der Waals surface area (Å²) in [5.41, 5.74) is 12.0. The minimum Gasteiger partial charge on any atom is -0.455 e. The normalized spacial score (nSPS) is 11.6.